The highest BCUT2D eigenvalue weighted by molar-refractivity contribution is 7.53. The number of hydrogen-bond donors (Lipinski definition) is 2. The Kier molecular flexibility index (Phi) is 7.65. The first-order valence-electron chi connectivity index (χ1n) is 7.15. The fraction of sp³-hybridized carbons (Fsp3) is 0.533. The molecule has 0 aliphatic heterocycles. The number of benzene rings is 1. The van der Waals surface area contributed by atoms with Crippen molar-refractivity contribution >= 4 is 13.4 Å². The predicted molar refractivity (Wildman–Crippen MR) is 81.5 cm³/mol. The minimum Gasteiger partial charge on any atom is -0.494 e. The van der Waals surface area contributed by atoms with Crippen LogP contribution in [0.15, 0.2) is 30.3 Å². The Bertz CT molecular complexity index is 468. The lowest BCUT2D eigenvalue weighted by Crippen LogP contribution is -2.17. The maximum absolute atomic E-state index is 11.2. The van der Waals surface area contributed by atoms with E-state index in [9.17, 15) is 9.36 Å². The summed E-state index contributed by atoms with van der Waals surface area (Å²) in [5.41, 5.74) is -1.14. The predicted octanol–water partition coefficient (Wildman–Crippen LogP) is 3.15. The molecule has 1 atom stereocenters. The third-order valence-electron chi connectivity index (χ3n) is 3.26. The molecule has 0 saturated carbocycles. The maximum Gasteiger partial charge on any atom is 0.335 e. The van der Waals surface area contributed by atoms with E-state index in [4.69, 9.17) is 14.5 Å². The Morgan fingerprint density at radius 3 is 2.33 bits per heavy atom. The van der Waals surface area contributed by atoms with Crippen LogP contribution in [0.25, 0.3) is 0 Å². The van der Waals surface area contributed by atoms with Gasteiger partial charge in [0.25, 0.3) is 0 Å². The molecule has 2 N–H and O–H groups in total. The summed E-state index contributed by atoms with van der Waals surface area (Å²) in [6.07, 6.45) is 3.52. The van der Waals surface area contributed by atoms with E-state index in [0.29, 0.717) is 13.0 Å². The van der Waals surface area contributed by atoms with Crippen LogP contribution in [0.2, 0.25) is 0 Å². The first-order chi connectivity index (χ1) is 9.91. The second-order valence-corrected chi connectivity index (χ2v) is 6.88. The molecule has 21 heavy (non-hydrogen) atoms. The molecule has 0 saturated heterocycles. The third kappa shape index (κ3) is 7.42. The fourth-order valence-corrected chi connectivity index (χ4v) is 3.10. The lowest BCUT2D eigenvalue weighted by atomic mass is 10.1. The molecule has 1 unspecified atom stereocenters. The molecular weight excluding hydrogens is 291 g/mol. The van der Waals surface area contributed by atoms with Gasteiger partial charge in [0.1, 0.15) is 17.2 Å². The molecule has 5 nitrogen and oxygen atoms in total. The molecule has 0 amide bonds. The van der Waals surface area contributed by atoms with Crippen molar-refractivity contribution in [1.82, 2.24) is 0 Å². The van der Waals surface area contributed by atoms with Gasteiger partial charge >= 0.3 is 7.60 Å². The van der Waals surface area contributed by atoms with Gasteiger partial charge in [-0.15, -0.1) is 0 Å². The normalized spacial score (nSPS) is 12.9. The summed E-state index contributed by atoms with van der Waals surface area (Å²) >= 11 is 0. The minimum absolute atomic E-state index is 0.249. The van der Waals surface area contributed by atoms with E-state index in [2.05, 4.69) is 0 Å². The average molecular weight is 314 g/mol. The minimum atomic E-state index is -4.31. The van der Waals surface area contributed by atoms with Gasteiger partial charge in [0.2, 0.25) is 0 Å². The Labute approximate surface area is 125 Å². The Morgan fingerprint density at radius 1 is 1.14 bits per heavy atom. The summed E-state index contributed by atoms with van der Waals surface area (Å²) in [7, 11) is -4.31. The second kappa shape index (κ2) is 8.98. The number of hydrogen-bond acceptors (Lipinski definition) is 3. The topological polar surface area (TPSA) is 83.8 Å². The average Bonchev–Trinajstić information content (AvgIpc) is 2.41. The highest BCUT2D eigenvalue weighted by Crippen LogP contribution is 2.44. The Morgan fingerprint density at radius 2 is 1.76 bits per heavy atom. The number of ether oxygens (including phenoxy) is 1. The maximum atomic E-state index is 11.2. The van der Waals surface area contributed by atoms with Crippen molar-refractivity contribution in [2.45, 2.75) is 44.7 Å². The highest BCUT2D eigenvalue weighted by atomic mass is 31.2. The molecule has 0 heterocycles. The molecular formula is C15H23O5P. The van der Waals surface area contributed by atoms with Crippen molar-refractivity contribution in [3.63, 3.8) is 0 Å². The highest BCUT2D eigenvalue weighted by Gasteiger charge is 2.31. The summed E-state index contributed by atoms with van der Waals surface area (Å²) in [4.78, 5) is 29.4. The SMILES string of the molecule is CC(=O)C(CCCCCCOc1ccccc1)P(=O)(O)O. The monoisotopic (exact) mass is 314 g/mol. The van der Waals surface area contributed by atoms with E-state index in [1.807, 2.05) is 30.3 Å². The molecule has 6 heteroatoms. The number of ketones is 1. The zero-order valence-corrected chi connectivity index (χ0v) is 13.2. The molecule has 0 aliphatic carbocycles. The first-order valence-corrected chi connectivity index (χ1v) is 8.83. The second-order valence-electron chi connectivity index (χ2n) is 5.08. The van der Waals surface area contributed by atoms with Crippen LogP contribution in [-0.4, -0.2) is 27.8 Å². The van der Waals surface area contributed by atoms with E-state index in [0.717, 1.165) is 25.0 Å². The lowest BCUT2D eigenvalue weighted by molar-refractivity contribution is -0.117. The van der Waals surface area contributed by atoms with Crippen LogP contribution in [0.4, 0.5) is 0 Å². The summed E-state index contributed by atoms with van der Waals surface area (Å²) in [5.74, 6) is 0.409. The van der Waals surface area contributed by atoms with Crippen molar-refractivity contribution in [2.75, 3.05) is 6.61 Å². The Hall–Kier alpha value is -1.16. The van der Waals surface area contributed by atoms with Gasteiger partial charge in [-0.1, -0.05) is 37.5 Å². The molecule has 0 aliphatic rings. The molecule has 0 radical (unpaired) electrons. The zero-order valence-electron chi connectivity index (χ0n) is 12.3. The first kappa shape index (κ1) is 17.9. The number of para-hydroxylation sites is 1. The summed E-state index contributed by atoms with van der Waals surface area (Å²) in [5, 5.41) is 0. The van der Waals surface area contributed by atoms with Crippen molar-refractivity contribution in [3.05, 3.63) is 30.3 Å². The molecule has 0 spiro atoms. The molecule has 1 aromatic rings. The molecule has 0 aromatic heterocycles. The summed E-state index contributed by atoms with van der Waals surface area (Å²) < 4.78 is 16.7. The van der Waals surface area contributed by atoms with E-state index >= 15 is 0 Å². The van der Waals surface area contributed by atoms with Gasteiger partial charge in [0.05, 0.1) is 6.61 Å². The van der Waals surface area contributed by atoms with Crippen LogP contribution in [0.5, 0.6) is 5.75 Å². The molecule has 1 aromatic carbocycles. The molecule has 0 bridgehead atoms. The molecule has 1 rings (SSSR count). The van der Waals surface area contributed by atoms with E-state index in [1.54, 1.807) is 0 Å². The van der Waals surface area contributed by atoms with Crippen LogP contribution >= 0.6 is 7.60 Å². The van der Waals surface area contributed by atoms with E-state index < -0.39 is 19.0 Å². The smallest absolute Gasteiger partial charge is 0.335 e. The van der Waals surface area contributed by atoms with Gasteiger partial charge in [-0.25, -0.2) is 0 Å². The number of Topliss-reactive ketones (excluding diaryl/α,β-unsaturated/α-hetero) is 1. The quantitative estimate of drug-likeness (QED) is 0.512. The summed E-state index contributed by atoms with van der Waals surface area (Å²) in [6.45, 7) is 1.86. The zero-order chi connectivity index (χ0) is 15.7. The third-order valence-corrected chi connectivity index (χ3v) is 4.69. The number of carbonyl (C=O) groups is 1. The number of carbonyl (C=O) groups excluding carboxylic acids is 1. The van der Waals surface area contributed by atoms with E-state index in [1.165, 1.54) is 6.92 Å². The number of rotatable bonds is 10. The van der Waals surface area contributed by atoms with Crippen LogP contribution in [-0.2, 0) is 9.36 Å². The summed E-state index contributed by atoms with van der Waals surface area (Å²) in [6, 6.07) is 9.56. The Balaban J connectivity index is 2.11. The van der Waals surface area contributed by atoms with Crippen molar-refractivity contribution in [1.29, 1.82) is 0 Å². The van der Waals surface area contributed by atoms with Gasteiger partial charge < -0.3 is 14.5 Å². The van der Waals surface area contributed by atoms with Crippen molar-refractivity contribution in [2.24, 2.45) is 0 Å². The van der Waals surface area contributed by atoms with Gasteiger partial charge in [-0.05, 0) is 31.9 Å². The van der Waals surface area contributed by atoms with Gasteiger partial charge in [0, 0.05) is 0 Å². The largest absolute Gasteiger partial charge is 0.494 e. The lowest BCUT2D eigenvalue weighted by Gasteiger charge is -2.15. The molecule has 118 valence electrons. The fourth-order valence-electron chi connectivity index (χ4n) is 2.11. The standard InChI is InChI=1S/C15H23O5P/c1-13(16)15(21(17,18)19)11-7-2-3-8-12-20-14-9-5-4-6-10-14/h4-6,9-10,15H,2-3,7-8,11-12H2,1H3,(H2,17,18,19). The number of unbranched alkanes of at least 4 members (excludes halogenated alkanes) is 3. The van der Waals surface area contributed by atoms with Crippen LogP contribution in [0.3, 0.4) is 0 Å². The van der Waals surface area contributed by atoms with Gasteiger partial charge in [0.15, 0.2) is 0 Å². The van der Waals surface area contributed by atoms with Crippen LogP contribution in [0, 0.1) is 0 Å². The van der Waals surface area contributed by atoms with Crippen LogP contribution < -0.4 is 4.74 Å². The molecule has 0 fully saturated rings. The van der Waals surface area contributed by atoms with Crippen LogP contribution in [0.1, 0.15) is 39.0 Å². The van der Waals surface area contributed by atoms with Crippen molar-refractivity contribution in [3.8, 4) is 5.75 Å². The van der Waals surface area contributed by atoms with Gasteiger partial charge in [-0.3, -0.25) is 9.36 Å². The van der Waals surface area contributed by atoms with Crippen molar-refractivity contribution < 1.29 is 23.9 Å². The van der Waals surface area contributed by atoms with E-state index in [-0.39, 0.29) is 6.42 Å². The van der Waals surface area contributed by atoms with Gasteiger partial charge in [-0.2, -0.15) is 0 Å².